The monoisotopic (exact) mass is 389 g/mol. The van der Waals surface area contributed by atoms with Crippen LogP contribution in [-0.4, -0.2) is 20.1 Å². The Kier molecular flexibility index (Phi) is 5.09. The van der Waals surface area contributed by atoms with Gasteiger partial charge in [0.15, 0.2) is 0 Å². The molecule has 1 aliphatic carbocycles. The molecule has 1 unspecified atom stereocenters. The van der Waals surface area contributed by atoms with Crippen LogP contribution in [0.1, 0.15) is 34.8 Å². The fraction of sp³-hybridized carbons (Fsp3) is 0.316. The van der Waals surface area contributed by atoms with Crippen LogP contribution in [0.3, 0.4) is 0 Å². The Morgan fingerprint density at radius 2 is 1.71 bits per heavy atom. The number of carbonyl (C=O) groups excluding carboxylic acids is 1. The summed E-state index contributed by atoms with van der Waals surface area (Å²) in [4.78, 5) is 12.8. The quantitative estimate of drug-likeness (QED) is 0.798. The highest BCUT2D eigenvalue weighted by Crippen LogP contribution is 2.41. The predicted molar refractivity (Wildman–Crippen MR) is 96.6 cm³/mol. The predicted octanol–water partition coefficient (Wildman–Crippen LogP) is 4.35. The third-order valence-corrected chi connectivity index (χ3v) is 5.03. The largest absolute Gasteiger partial charge is 0.495 e. The van der Waals surface area contributed by atoms with Crippen LogP contribution in [0.5, 0.6) is 11.5 Å². The van der Waals surface area contributed by atoms with E-state index in [-0.39, 0.29) is 11.9 Å². The van der Waals surface area contributed by atoms with Gasteiger partial charge in [-0.25, -0.2) is 0 Å². The molecule has 0 heterocycles. The first-order chi connectivity index (χ1) is 11.6. The molecule has 1 N–H and O–H groups in total. The summed E-state index contributed by atoms with van der Waals surface area (Å²) in [6.07, 6.45) is 2.29. The van der Waals surface area contributed by atoms with E-state index < -0.39 is 0 Å². The van der Waals surface area contributed by atoms with Crippen molar-refractivity contribution in [2.24, 2.45) is 5.92 Å². The molecule has 5 heteroatoms. The van der Waals surface area contributed by atoms with Crippen molar-refractivity contribution in [2.75, 3.05) is 14.2 Å². The third kappa shape index (κ3) is 3.56. The summed E-state index contributed by atoms with van der Waals surface area (Å²) in [5.41, 5.74) is 1.66. The van der Waals surface area contributed by atoms with Crippen LogP contribution in [0.4, 0.5) is 0 Å². The zero-order valence-electron chi connectivity index (χ0n) is 13.7. The summed E-state index contributed by atoms with van der Waals surface area (Å²) in [5.74, 6) is 1.53. The van der Waals surface area contributed by atoms with Gasteiger partial charge in [0.2, 0.25) is 0 Å². The molecule has 2 aromatic carbocycles. The van der Waals surface area contributed by atoms with Crippen LogP contribution in [0.2, 0.25) is 0 Å². The molecular weight excluding hydrogens is 370 g/mol. The second-order valence-electron chi connectivity index (χ2n) is 5.89. The normalized spacial score (nSPS) is 14.8. The number of nitrogens with one attached hydrogen (secondary N) is 1. The first kappa shape index (κ1) is 16.8. The van der Waals surface area contributed by atoms with Crippen LogP contribution in [0, 0.1) is 5.92 Å². The summed E-state index contributed by atoms with van der Waals surface area (Å²) < 4.78 is 11.3. The van der Waals surface area contributed by atoms with Crippen LogP contribution in [-0.2, 0) is 0 Å². The number of halogens is 1. The standard InChI is InChI=1S/C19H20BrNO3/c1-23-15-10-14(11-16(24-2)17(15)20)19(22)21-18(13-8-9-13)12-6-4-3-5-7-12/h3-7,10-11,13,18H,8-9H2,1-2H3,(H,21,22). The smallest absolute Gasteiger partial charge is 0.252 e. The number of carbonyl (C=O) groups is 1. The average Bonchev–Trinajstić information content (AvgIpc) is 3.45. The van der Waals surface area contributed by atoms with Crippen LogP contribution in [0.25, 0.3) is 0 Å². The van der Waals surface area contributed by atoms with Crippen molar-refractivity contribution < 1.29 is 14.3 Å². The fourth-order valence-corrected chi connectivity index (χ4v) is 3.34. The number of benzene rings is 2. The molecule has 4 nitrogen and oxygen atoms in total. The summed E-state index contributed by atoms with van der Waals surface area (Å²) in [7, 11) is 3.14. The molecule has 0 aromatic heterocycles. The van der Waals surface area contributed by atoms with Gasteiger partial charge in [0.05, 0.1) is 20.3 Å². The second kappa shape index (κ2) is 7.26. The van der Waals surface area contributed by atoms with E-state index in [1.807, 2.05) is 18.2 Å². The van der Waals surface area contributed by atoms with Crippen molar-refractivity contribution in [3.63, 3.8) is 0 Å². The van der Waals surface area contributed by atoms with Crippen molar-refractivity contribution in [3.8, 4) is 11.5 Å². The molecule has 0 bridgehead atoms. The number of rotatable bonds is 6. The number of ether oxygens (including phenoxy) is 2. The van der Waals surface area contributed by atoms with Crippen LogP contribution < -0.4 is 14.8 Å². The number of methoxy groups -OCH3 is 2. The van der Waals surface area contributed by atoms with E-state index >= 15 is 0 Å². The van der Waals surface area contributed by atoms with Crippen molar-refractivity contribution in [2.45, 2.75) is 18.9 Å². The third-order valence-electron chi connectivity index (χ3n) is 4.25. The molecule has 1 fully saturated rings. The highest BCUT2D eigenvalue weighted by atomic mass is 79.9. The number of amides is 1. The molecule has 2 aromatic rings. The van der Waals surface area contributed by atoms with Gasteiger partial charge in [-0.1, -0.05) is 30.3 Å². The van der Waals surface area contributed by atoms with E-state index in [2.05, 4.69) is 33.4 Å². The van der Waals surface area contributed by atoms with Crippen molar-refractivity contribution in [3.05, 3.63) is 58.1 Å². The van der Waals surface area contributed by atoms with Gasteiger partial charge < -0.3 is 14.8 Å². The highest BCUT2D eigenvalue weighted by molar-refractivity contribution is 9.10. The number of hydrogen-bond donors (Lipinski definition) is 1. The molecule has 1 atom stereocenters. The van der Waals surface area contributed by atoms with Gasteiger partial charge >= 0.3 is 0 Å². The van der Waals surface area contributed by atoms with Gasteiger partial charge in [-0.05, 0) is 52.4 Å². The van der Waals surface area contributed by atoms with Crippen LogP contribution in [0.15, 0.2) is 46.9 Å². The lowest BCUT2D eigenvalue weighted by molar-refractivity contribution is 0.0931. The SMILES string of the molecule is COc1cc(C(=O)NC(c2ccccc2)C2CC2)cc(OC)c1Br. The Morgan fingerprint density at radius 3 is 2.21 bits per heavy atom. The molecule has 0 spiro atoms. The molecule has 1 saturated carbocycles. The fourth-order valence-electron chi connectivity index (χ4n) is 2.79. The minimum absolute atomic E-state index is 0.0411. The molecule has 0 saturated heterocycles. The molecule has 1 amide bonds. The minimum atomic E-state index is -0.125. The first-order valence-electron chi connectivity index (χ1n) is 7.91. The highest BCUT2D eigenvalue weighted by Gasteiger charge is 2.33. The van der Waals surface area contributed by atoms with Crippen molar-refractivity contribution >= 4 is 21.8 Å². The van der Waals surface area contributed by atoms with Crippen LogP contribution >= 0.6 is 15.9 Å². The lowest BCUT2D eigenvalue weighted by Crippen LogP contribution is -2.29. The van der Waals surface area contributed by atoms with Crippen molar-refractivity contribution in [1.82, 2.24) is 5.32 Å². The lowest BCUT2D eigenvalue weighted by Gasteiger charge is -2.19. The minimum Gasteiger partial charge on any atom is -0.495 e. The van der Waals surface area contributed by atoms with Gasteiger partial charge in [-0.2, -0.15) is 0 Å². The van der Waals surface area contributed by atoms with E-state index in [0.29, 0.717) is 27.5 Å². The maximum Gasteiger partial charge on any atom is 0.252 e. The van der Waals surface area contributed by atoms with E-state index in [9.17, 15) is 4.79 Å². The van der Waals surface area contributed by atoms with Gasteiger partial charge in [-0.3, -0.25) is 4.79 Å². The van der Waals surface area contributed by atoms with Gasteiger partial charge in [0.25, 0.3) is 5.91 Å². The molecule has 3 rings (SSSR count). The van der Waals surface area contributed by atoms with Gasteiger partial charge in [-0.15, -0.1) is 0 Å². The van der Waals surface area contributed by atoms with Crippen molar-refractivity contribution in [1.29, 1.82) is 0 Å². The zero-order valence-corrected chi connectivity index (χ0v) is 15.3. The molecule has 24 heavy (non-hydrogen) atoms. The van der Waals surface area contributed by atoms with E-state index in [0.717, 1.165) is 18.4 Å². The van der Waals surface area contributed by atoms with E-state index in [4.69, 9.17) is 9.47 Å². The second-order valence-corrected chi connectivity index (χ2v) is 6.69. The Morgan fingerprint density at radius 1 is 1.12 bits per heavy atom. The average molecular weight is 390 g/mol. The molecular formula is C19H20BrNO3. The Labute approximate surface area is 150 Å². The molecule has 0 radical (unpaired) electrons. The number of hydrogen-bond acceptors (Lipinski definition) is 3. The lowest BCUT2D eigenvalue weighted by atomic mass is 10.0. The van der Waals surface area contributed by atoms with E-state index in [1.165, 1.54) is 0 Å². The zero-order chi connectivity index (χ0) is 17.1. The van der Waals surface area contributed by atoms with Gasteiger partial charge in [0, 0.05) is 5.56 Å². The van der Waals surface area contributed by atoms with E-state index in [1.54, 1.807) is 26.4 Å². The summed E-state index contributed by atoms with van der Waals surface area (Å²) in [6, 6.07) is 13.6. The summed E-state index contributed by atoms with van der Waals surface area (Å²) >= 11 is 3.42. The summed E-state index contributed by atoms with van der Waals surface area (Å²) in [6.45, 7) is 0. The topological polar surface area (TPSA) is 47.6 Å². The maximum atomic E-state index is 12.8. The summed E-state index contributed by atoms with van der Waals surface area (Å²) in [5, 5.41) is 3.17. The first-order valence-corrected chi connectivity index (χ1v) is 8.70. The van der Waals surface area contributed by atoms with Gasteiger partial charge in [0.1, 0.15) is 16.0 Å². The molecule has 1 aliphatic rings. The molecule has 0 aliphatic heterocycles. The molecule has 126 valence electrons. The maximum absolute atomic E-state index is 12.8. The Bertz CT molecular complexity index is 704. The Hall–Kier alpha value is -2.01. The Balaban J connectivity index is 1.86.